The lowest BCUT2D eigenvalue weighted by molar-refractivity contribution is 0.201. The van der Waals surface area contributed by atoms with Crippen LogP contribution in [-0.2, 0) is 0 Å². The van der Waals surface area contributed by atoms with Crippen LogP contribution in [0.25, 0.3) is 66.2 Å². The van der Waals surface area contributed by atoms with E-state index in [0.29, 0.717) is 5.92 Å². The summed E-state index contributed by atoms with van der Waals surface area (Å²) in [6, 6.07) is 50.1. The maximum Gasteiger partial charge on any atom is 0.160 e. The summed E-state index contributed by atoms with van der Waals surface area (Å²) in [5, 5.41) is 7.20. The van der Waals surface area contributed by atoms with E-state index in [1.807, 2.05) is 6.20 Å². The van der Waals surface area contributed by atoms with Crippen LogP contribution in [-0.4, -0.2) is 15.0 Å². The topological polar surface area (TPSA) is 38.7 Å². The summed E-state index contributed by atoms with van der Waals surface area (Å²) < 4.78 is 0. The highest BCUT2D eigenvalue weighted by Gasteiger charge is 2.48. The zero-order valence-electron chi connectivity index (χ0n) is 29.2. The van der Waals surface area contributed by atoms with Crippen molar-refractivity contribution in [2.45, 2.75) is 25.7 Å². The number of rotatable bonds is 4. The van der Waals surface area contributed by atoms with Gasteiger partial charge in [-0.05, 0) is 67.6 Å². The highest BCUT2D eigenvalue weighted by molar-refractivity contribution is 6.13. The van der Waals surface area contributed by atoms with Gasteiger partial charge in [-0.25, -0.2) is 9.97 Å². The van der Waals surface area contributed by atoms with Crippen molar-refractivity contribution in [3.05, 3.63) is 187 Å². The average Bonchev–Trinajstić information content (AvgIpc) is 3.20. The molecule has 3 heteroatoms. The van der Waals surface area contributed by atoms with E-state index in [4.69, 9.17) is 15.0 Å². The minimum atomic E-state index is -0.0538. The van der Waals surface area contributed by atoms with Crippen LogP contribution in [0.1, 0.15) is 42.5 Å². The number of nitrogens with zero attached hydrogens (tertiary/aromatic N) is 3. The summed E-state index contributed by atoms with van der Waals surface area (Å²) in [5.74, 6) is 1.43. The van der Waals surface area contributed by atoms with Gasteiger partial charge in [0.15, 0.2) is 5.82 Å². The Morgan fingerprint density at radius 2 is 1.25 bits per heavy atom. The van der Waals surface area contributed by atoms with E-state index in [1.165, 1.54) is 38.1 Å². The molecule has 52 heavy (non-hydrogen) atoms. The lowest BCUT2D eigenvalue weighted by atomic mass is 9.54. The van der Waals surface area contributed by atoms with E-state index in [-0.39, 0.29) is 17.3 Å². The summed E-state index contributed by atoms with van der Waals surface area (Å²) in [7, 11) is 0. The molecule has 2 aliphatic carbocycles. The molecule has 0 N–H and O–H groups in total. The first-order valence-corrected chi connectivity index (χ1v) is 18.3. The van der Waals surface area contributed by atoms with Crippen LogP contribution < -0.4 is 0 Å². The molecule has 2 aliphatic rings. The molecule has 4 atom stereocenters. The molecular formula is C49H37N3. The molecule has 4 unspecified atom stereocenters. The van der Waals surface area contributed by atoms with Gasteiger partial charge in [-0.2, -0.15) is 0 Å². The van der Waals surface area contributed by atoms with Gasteiger partial charge in [0.05, 0.1) is 17.1 Å². The fourth-order valence-electron chi connectivity index (χ4n) is 9.03. The second-order valence-electron chi connectivity index (χ2n) is 14.6. The number of hydrogen-bond acceptors (Lipinski definition) is 3. The summed E-state index contributed by atoms with van der Waals surface area (Å²) in [6.45, 7) is 4.83. The molecule has 0 radical (unpaired) electrons. The second kappa shape index (κ2) is 12.0. The molecular weight excluding hydrogens is 631 g/mol. The Hall–Kier alpha value is -6.19. The molecule has 3 nitrogen and oxygen atoms in total. The lowest BCUT2D eigenvalue weighted by Gasteiger charge is -2.49. The molecule has 0 bridgehead atoms. The van der Waals surface area contributed by atoms with E-state index < -0.39 is 0 Å². The Labute approximate surface area is 304 Å². The Morgan fingerprint density at radius 1 is 0.577 bits per heavy atom. The smallest absolute Gasteiger partial charge is 0.160 e. The van der Waals surface area contributed by atoms with Crippen LogP contribution >= 0.6 is 0 Å². The van der Waals surface area contributed by atoms with Crippen molar-refractivity contribution in [3.8, 4) is 33.9 Å². The van der Waals surface area contributed by atoms with Crippen molar-refractivity contribution >= 4 is 32.3 Å². The fraction of sp³-hybridized carbons (Fsp3) is 0.122. The van der Waals surface area contributed by atoms with Crippen molar-refractivity contribution in [2.24, 2.45) is 11.3 Å². The van der Waals surface area contributed by atoms with E-state index in [0.717, 1.165) is 45.0 Å². The lowest BCUT2D eigenvalue weighted by Crippen LogP contribution is -2.40. The third-order valence-electron chi connectivity index (χ3n) is 11.9. The first-order chi connectivity index (χ1) is 25.6. The van der Waals surface area contributed by atoms with Crippen LogP contribution in [0.5, 0.6) is 0 Å². The Balaban J connectivity index is 1.20. The number of fused-ring (bicyclic) bond motifs is 7. The summed E-state index contributed by atoms with van der Waals surface area (Å²) >= 11 is 0. The van der Waals surface area contributed by atoms with Gasteiger partial charge in [0.1, 0.15) is 0 Å². The van der Waals surface area contributed by atoms with Crippen molar-refractivity contribution in [1.82, 2.24) is 15.0 Å². The number of aromatic nitrogens is 3. The Kier molecular flexibility index (Phi) is 7.04. The number of pyridine rings is 1. The minimum absolute atomic E-state index is 0.0538. The van der Waals surface area contributed by atoms with Crippen molar-refractivity contribution in [2.75, 3.05) is 0 Å². The zero-order valence-corrected chi connectivity index (χ0v) is 29.2. The van der Waals surface area contributed by atoms with E-state index >= 15 is 0 Å². The summed E-state index contributed by atoms with van der Waals surface area (Å²) in [5.41, 5.74) is 8.85. The monoisotopic (exact) mass is 667 g/mol. The van der Waals surface area contributed by atoms with E-state index in [9.17, 15) is 0 Å². The molecule has 10 rings (SSSR count). The van der Waals surface area contributed by atoms with Gasteiger partial charge < -0.3 is 0 Å². The number of allylic oxidation sites excluding steroid dienone is 4. The minimum Gasteiger partial charge on any atom is -0.256 e. The molecule has 0 aliphatic heterocycles. The van der Waals surface area contributed by atoms with Crippen LogP contribution in [0.2, 0.25) is 0 Å². The molecule has 248 valence electrons. The van der Waals surface area contributed by atoms with Gasteiger partial charge >= 0.3 is 0 Å². The van der Waals surface area contributed by atoms with Crippen LogP contribution in [0.4, 0.5) is 0 Å². The molecule has 6 aromatic carbocycles. The normalized spacial score (nSPS) is 20.6. The average molecular weight is 668 g/mol. The third kappa shape index (κ3) is 4.76. The van der Waals surface area contributed by atoms with Gasteiger partial charge in [-0.3, -0.25) is 4.98 Å². The number of hydrogen-bond donors (Lipinski definition) is 0. The van der Waals surface area contributed by atoms with Gasteiger partial charge in [-0.15, -0.1) is 0 Å². The summed E-state index contributed by atoms with van der Waals surface area (Å²) in [4.78, 5) is 15.7. The SMILES string of the molecule is CC1C(c2cc(-c3cc4ccccc4c4ccccc34)nc(-c3ccc(-c4nccc5ccccc45)cc3)n2)c2ccccc2C2C=CC=CC21C. The van der Waals surface area contributed by atoms with Gasteiger partial charge in [-0.1, -0.05) is 159 Å². The standard InChI is InChI=1S/C49H37N3/c1-31-46(41-20-10-9-19-40(41)43-21-11-12-27-49(31,43)2)45-30-44(42-29-35-14-4-5-15-36(35)38-17-7-8-18-39(38)42)51-48(52-45)34-24-22-33(23-25-34)47-37-16-6-3-13-32(37)26-28-50-47/h3-31,43,46H,1-2H3. The van der Waals surface area contributed by atoms with Gasteiger partial charge in [0, 0.05) is 40.1 Å². The molecule has 0 spiro atoms. The molecule has 8 aromatic rings. The molecule has 0 fully saturated rings. The Morgan fingerprint density at radius 3 is 2.08 bits per heavy atom. The molecule has 0 amide bonds. The second-order valence-corrected chi connectivity index (χ2v) is 14.6. The predicted molar refractivity (Wildman–Crippen MR) is 215 cm³/mol. The highest BCUT2D eigenvalue weighted by Crippen LogP contribution is 2.58. The van der Waals surface area contributed by atoms with E-state index in [1.54, 1.807) is 0 Å². The largest absolute Gasteiger partial charge is 0.256 e. The fourth-order valence-corrected chi connectivity index (χ4v) is 9.03. The molecule has 0 saturated heterocycles. The first kappa shape index (κ1) is 30.6. The van der Waals surface area contributed by atoms with Crippen LogP contribution in [0.3, 0.4) is 0 Å². The maximum absolute atomic E-state index is 5.50. The summed E-state index contributed by atoms with van der Waals surface area (Å²) in [6.07, 6.45) is 11.1. The van der Waals surface area contributed by atoms with E-state index in [2.05, 4.69) is 178 Å². The Bertz CT molecular complexity index is 2740. The van der Waals surface area contributed by atoms with Gasteiger partial charge in [0.2, 0.25) is 0 Å². The van der Waals surface area contributed by atoms with Crippen LogP contribution in [0, 0.1) is 11.3 Å². The van der Waals surface area contributed by atoms with Crippen molar-refractivity contribution < 1.29 is 0 Å². The zero-order chi connectivity index (χ0) is 34.8. The highest BCUT2D eigenvalue weighted by atomic mass is 14.9. The molecule has 2 heterocycles. The van der Waals surface area contributed by atoms with Gasteiger partial charge in [0.25, 0.3) is 0 Å². The van der Waals surface area contributed by atoms with Crippen LogP contribution in [0.15, 0.2) is 170 Å². The predicted octanol–water partition coefficient (Wildman–Crippen LogP) is 12.3. The van der Waals surface area contributed by atoms with Crippen molar-refractivity contribution in [3.63, 3.8) is 0 Å². The maximum atomic E-state index is 5.50. The first-order valence-electron chi connectivity index (χ1n) is 18.3. The number of benzene rings is 6. The molecule has 0 saturated carbocycles. The third-order valence-corrected chi connectivity index (χ3v) is 11.9. The van der Waals surface area contributed by atoms with Crippen molar-refractivity contribution in [1.29, 1.82) is 0 Å². The quantitative estimate of drug-likeness (QED) is 0.175. The molecule has 2 aromatic heterocycles.